The molecule has 0 bridgehead atoms. The van der Waals surface area contributed by atoms with Crippen molar-refractivity contribution in [3.8, 4) is 0 Å². The molecule has 0 aliphatic heterocycles. The van der Waals surface area contributed by atoms with Crippen molar-refractivity contribution in [3.05, 3.63) is 30.3 Å². The second kappa shape index (κ2) is 8.85. The van der Waals surface area contributed by atoms with Gasteiger partial charge in [-0.05, 0) is 0 Å². The summed E-state index contributed by atoms with van der Waals surface area (Å²) in [4.78, 5) is 39.1. The molecule has 0 heterocycles. The van der Waals surface area contributed by atoms with Crippen molar-refractivity contribution in [2.45, 2.75) is 50.5 Å². The second-order valence-corrected chi connectivity index (χ2v) is 18.4. The SMILES string of the molecule is COC(=O)C1(C(=O)OC)[C@@H]([C@H]([Se]c2ccccc2)[Si](C)(C)C)[C@H]1C(=O)OC(C)(C)C. The van der Waals surface area contributed by atoms with Crippen molar-refractivity contribution in [1.29, 1.82) is 0 Å². The predicted molar refractivity (Wildman–Crippen MR) is 118 cm³/mol. The van der Waals surface area contributed by atoms with Crippen LogP contribution in [-0.4, -0.2) is 60.8 Å². The Morgan fingerprint density at radius 3 is 1.90 bits per heavy atom. The Morgan fingerprint density at radius 1 is 1.00 bits per heavy atom. The van der Waals surface area contributed by atoms with E-state index in [9.17, 15) is 14.4 Å². The standard InChI is InChI=1S/C22H32O6SeSi/c1-21(2,3)28-17(23)15-16(22(15,19(24)26-4)20(25)27-5)18(30(6,7)8)29-14-12-10-9-11-13-14/h9-13,15-16,18H,1-8H3/t15-,16+,18+/m0/s1. The molecule has 3 atom stereocenters. The number of carbonyl (C=O) groups excluding carboxylic acids is 3. The number of hydrogen-bond donors (Lipinski definition) is 0. The molecule has 0 unspecified atom stereocenters. The molecule has 0 aromatic heterocycles. The van der Waals surface area contributed by atoms with Crippen molar-refractivity contribution in [2.24, 2.45) is 17.3 Å². The summed E-state index contributed by atoms with van der Waals surface area (Å²) in [6.07, 6.45) is 0. The van der Waals surface area contributed by atoms with Crippen LogP contribution >= 0.6 is 0 Å². The summed E-state index contributed by atoms with van der Waals surface area (Å²) in [5, 5.41) is 0. The van der Waals surface area contributed by atoms with Gasteiger partial charge in [0.15, 0.2) is 0 Å². The van der Waals surface area contributed by atoms with E-state index >= 15 is 0 Å². The molecule has 2 rings (SSSR count). The van der Waals surface area contributed by atoms with Crippen LogP contribution in [0.5, 0.6) is 0 Å². The van der Waals surface area contributed by atoms with Crippen molar-refractivity contribution < 1.29 is 28.6 Å². The van der Waals surface area contributed by atoms with Crippen LogP contribution in [0.15, 0.2) is 30.3 Å². The number of methoxy groups -OCH3 is 2. The zero-order chi connectivity index (χ0) is 22.9. The molecule has 0 radical (unpaired) electrons. The van der Waals surface area contributed by atoms with Gasteiger partial charge in [0.1, 0.15) is 0 Å². The number of esters is 3. The van der Waals surface area contributed by atoms with Gasteiger partial charge in [0.2, 0.25) is 0 Å². The zero-order valence-electron chi connectivity index (χ0n) is 19.0. The Hall–Kier alpha value is -1.63. The molecule has 8 heteroatoms. The van der Waals surface area contributed by atoms with Gasteiger partial charge >= 0.3 is 186 Å². The van der Waals surface area contributed by atoms with Crippen LogP contribution in [0.1, 0.15) is 20.8 Å². The Kier molecular flexibility index (Phi) is 7.27. The summed E-state index contributed by atoms with van der Waals surface area (Å²) in [5.41, 5.74) is -2.38. The van der Waals surface area contributed by atoms with Crippen LogP contribution in [0.3, 0.4) is 0 Å². The monoisotopic (exact) mass is 500 g/mol. The molecule has 1 aliphatic carbocycles. The summed E-state index contributed by atoms with van der Waals surface area (Å²) in [7, 11) is 0.555. The number of carbonyl (C=O) groups is 3. The van der Waals surface area contributed by atoms with Gasteiger partial charge in [0.25, 0.3) is 0 Å². The average molecular weight is 500 g/mol. The third-order valence-electron chi connectivity index (χ3n) is 5.16. The predicted octanol–water partition coefficient (Wildman–Crippen LogP) is 2.60. The third kappa shape index (κ3) is 4.81. The maximum absolute atomic E-state index is 13.2. The summed E-state index contributed by atoms with van der Waals surface area (Å²) in [6.45, 7) is 11.9. The van der Waals surface area contributed by atoms with Crippen molar-refractivity contribution in [3.63, 3.8) is 0 Å². The molecule has 0 saturated heterocycles. The fraction of sp³-hybridized carbons (Fsp3) is 0.591. The molecule has 1 aromatic carbocycles. The van der Waals surface area contributed by atoms with Gasteiger partial charge in [0, 0.05) is 0 Å². The van der Waals surface area contributed by atoms with E-state index in [1.807, 2.05) is 18.2 Å². The molecule has 0 amide bonds. The summed E-state index contributed by atoms with van der Waals surface area (Å²) in [6, 6.07) is 10.0. The summed E-state index contributed by atoms with van der Waals surface area (Å²) in [5.74, 6) is -3.39. The van der Waals surface area contributed by atoms with E-state index in [2.05, 4.69) is 31.8 Å². The van der Waals surface area contributed by atoms with Gasteiger partial charge in [-0.2, -0.15) is 0 Å². The number of hydrogen-bond acceptors (Lipinski definition) is 6. The van der Waals surface area contributed by atoms with E-state index in [0.717, 1.165) is 4.46 Å². The molecule has 30 heavy (non-hydrogen) atoms. The van der Waals surface area contributed by atoms with Gasteiger partial charge in [-0.3, -0.25) is 0 Å². The van der Waals surface area contributed by atoms with Gasteiger partial charge in [0.05, 0.1) is 0 Å². The quantitative estimate of drug-likeness (QED) is 0.248. The molecule has 6 nitrogen and oxygen atoms in total. The molecule has 1 aromatic rings. The molecule has 1 aliphatic rings. The molecule has 1 saturated carbocycles. The average Bonchev–Trinajstić information content (AvgIpc) is 3.34. The van der Waals surface area contributed by atoms with Crippen molar-refractivity contribution in [1.82, 2.24) is 0 Å². The molecular formula is C22H32O6SeSi. The zero-order valence-corrected chi connectivity index (χ0v) is 21.7. The minimum absolute atomic E-state index is 0.0307. The second-order valence-electron chi connectivity index (χ2n) is 9.61. The molecular weight excluding hydrogens is 467 g/mol. The normalized spacial score (nSPS) is 21.3. The van der Waals surface area contributed by atoms with Crippen LogP contribution < -0.4 is 4.46 Å². The van der Waals surface area contributed by atoms with Gasteiger partial charge < -0.3 is 0 Å². The van der Waals surface area contributed by atoms with Crippen LogP contribution in [0, 0.1) is 17.3 Å². The van der Waals surface area contributed by atoms with E-state index in [1.165, 1.54) is 14.2 Å². The Balaban J connectivity index is 2.57. The number of benzene rings is 1. The Bertz CT molecular complexity index is 780. The first-order chi connectivity index (χ1) is 13.8. The molecule has 1 fully saturated rings. The van der Waals surface area contributed by atoms with Gasteiger partial charge in [-0.25, -0.2) is 0 Å². The summed E-state index contributed by atoms with van der Waals surface area (Å²) >= 11 is -0.0412. The van der Waals surface area contributed by atoms with E-state index in [0.29, 0.717) is 0 Å². The molecule has 166 valence electrons. The Morgan fingerprint density at radius 2 is 1.50 bits per heavy atom. The minimum atomic E-state index is -1.92. The summed E-state index contributed by atoms with van der Waals surface area (Å²) < 4.78 is 16.9. The van der Waals surface area contributed by atoms with E-state index in [-0.39, 0.29) is 19.4 Å². The fourth-order valence-corrected chi connectivity index (χ4v) is 11.1. The molecule has 0 N–H and O–H groups in total. The van der Waals surface area contributed by atoms with Crippen molar-refractivity contribution in [2.75, 3.05) is 14.2 Å². The van der Waals surface area contributed by atoms with Gasteiger partial charge in [-0.1, -0.05) is 0 Å². The first-order valence-electron chi connectivity index (χ1n) is 9.92. The number of rotatable bonds is 7. The Labute approximate surface area is 186 Å². The third-order valence-corrected chi connectivity index (χ3v) is 14.6. The molecule has 0 spiro atoms. The first-order valence-corrected chi connectivity index (χ1v) is 15.3. The fourth-order valence-electron chi connectivity index (χ4n) is 3.91. The van der Waals surface area contributed by atoms with Gasteiger partial charge in [-0.15, -0.1) is 0 Å². The maximum atomic E-state index is 13.2. The topological polar surface area (TPSA) is 78.9 Å². The van der Waals surface area contributed by atoms with Crippen LogP contribution in [0.4, 0.5) is 0 Å². The van der Waals surface area contributed by atoms with Crippen LogP contribution in [-0.2, 0) is 28.6 Å². The first kappa shape index (κ1) is 24.6. The number of ether oxygens (including phenoxy) is 3. The van der Waals surface area contributed by atoms with Crippen LogP contribution in [0.2, 0.25) is 24.1 Å². The van der Waals surface area contributed by atoms with Crippen LogP contribution in [0.25, 0.3) is 0 Å². The van der Waals surface area contributed by atoms with Crippen molar-refractivity contribution >= 4 is 45.4 Å². The van der Waals surface area contributed by atoms with E-state index in [1.54, 1.807) is 20.8 Å². The van der Waals surface area contributed by atoms with E-state index in [4.69, 9.17) is 14.2 Å². The van der Waals surface area contributed by atoms with E-state index < -0.39 is 48.8 Å².